The first-order valence-electron chi connectivity index (χ1n) is 10.0. The van der Waals surface area contributed by atoms with Gasteiger partial charge in [-0.2, -0.15) is 0 Å². The van der Waals surface area contributed by atoms with E-state index in [4.69, 9.17) is 14.2 Å². The lowest BCUT2D eigenvalue weighted by Crippen LogP contribution is -2.43. The highest BCUT2D eigenvalue weighted by atomic mass is 16.5. The minimum absolute atomic E-state index is 0.113. The van der Waals surface area contributed by atoms with E-state index >= 15 is 0 Å². The van der Waals surface area contributed by atoms with Crippen LogP contribution in [-0.4, -0.2) is 57.4 Å². The molecule has 1 atom stereocenters. The monoisotopic (exact) mass is 376 g/mol. The molecular formula is C21H32N2O4. The Morgan fingerprint density at radius 2 is 2.04 bits per heavy atom. The summed E-state index contributed by atoms with van der Waals surface area (Å²) < 4.78 is 16.4. The van der Waals surface area contributed by atoms with E-state index in [0.29, 0.717) is 31.7 Å². The molecule has 2 aliphatic rings. The molecule has 1 aliphatic heterocycles. The highest BCUT2D eigenvalue weighted by molar-refractivity contribution is 5.80. The number of hydrogen-bond acceptors (Lipinski definition) is 5. The predicted molar refractivity (Wildman–Crippen MR) is 104 cm³/mol. The largest absolute Gasteiger partial charge is 0.493 e. The van der Waals surface area contributed by atoms with E-state index < -0.39 is 0 Å². The van der Waals surface area contributed by atoms with Gasteiger partial charge in [0, 0.05) is 39.3 Å². The summed E-state index contributed by atoms with van der Waals surface area (Å²) in [4.78, 5) is 15.1. The molecule has 1 saturated carbocycles. The van der Waals surface area contributed by atoms with Crippen molar-refractivity contribution in [3.63, 3.8) is 0 Å². The molecule has 1 aromatic rings. The van der Waals surface area contributed by atoms with Crippen LogP contribution < -0.4 is 14.8 Å². The molecule has 0 spiro atoms. The van der Waals surface area contributed by atoms with Gasteiger partial charge in [0.15, 0.2) is 11.5 Å². The number of nitrogens with zero attached hydrogens (tertiary/aromatic N) is 1. The molecule has 6 nitrogen and oxygen atoms in total. The van der Waals surface area contributed by atoms with Crippen molar-refractivity contribution in [3.8, 4) is 11.5 Å². The van der Waals surface area contributed by atoms with Crippen molar-refractivity contribution in [2.75, 3.05) is 40.5 Å². The van der Waals surface area contributed by atoms with Gasteiger partial charge in [-0.3, -0.25) is 4.79 Å². The summed E-state index contributed by atoms with van der Waals surface area (Å²) in [6.45, 7) is 3.71. The number of ether oxygens (including phenoxy) is 3. The van der Waals surface area contributed by atoms with Crippen LogP contribution in [0.3, 0.4) is 0 Å². The number of rotatable bonds is 10. The van der Waals surface area contributed by atoms with Crippen LogP contribution in [0.5, 0.6) is 11.5 Å². The quantitative estimate of drug-likeness (QED) is 0.636. The molecule has 0 unspecified atom stereocenters. The highest BCUT2D eigenvalue weighted by Crippen LogP contribution is 2.33. The SMILES string of the molecule is COCCCOc1cc(CN(C(=O)[C@@H]2CCCNC2)C2CC2)ccc1OC. The van der Waals surface area contributed by atoms with Crippen molar-refractivity contribution in [2.45, 2.75) is 44.7 Å². The zero-order valence-corrected chi connectivity index (χ0v) is 16.5. The standard InChI is InChI=1S/C21H32N2O4/c1-25-11-4-12-27-20-13-16(6-9-19(20)26-2)15-23(18-7-8-18)21(24)17-5-3-10-22-14-17/h6,9,13,17-18,22H,3-5,7-8,10-12,14-15H2,1-2H3/t17-/m1/s1. The number of carbonyl (C=O) groups excluding carboxylic acids is 1. The third-order valence-electron chi connectivity index (χ3n) is 5.25. The van der Waals surface area contributed by atoms with Crippen LogP contribution in [0, 0.1) is 5.92 Å². The molecule has 1 N–H and O–H groups in total. The number of benzene rings is 1. The lowest BCUT2D eigenvalue weighted by atomic mass is 9.97. The van der Waals surface area contributed by atoms with Crippen LogP contribution in [0.2, 0.25) is 0 Å². The van der Waals surface area contributed by atoms with E-state index in [-0.39, 0.29) is 5.92 Å². The van der Waals surface area contributed by atoms with E-state index in [9.17, 15) is 4.79 Å². The lowest BCUT2D eigenvalue weighted by molar-refractivity contribution is -0.137. The van der Waals surface area contributed by atoms with Crippen LogP contribution >= 0.6 is 0 Å². The minimum atomic E-state index is 0.113. The molecule has 1 aromatic carbocycles. The van der Waals surface area contributed by atoms with Crippen LogP contribution in [0.25, 0.3) is 0 Å². The number of hydrogen-bond donors (Lipinski definition) is 1. The van der Waals surface area contributed by atoms with E-state index in [0.717, 1.165) is 62.3 Å². The minimum Gasteiger partial charge on any atom is -0.493 e. The topological polar surface area (TPSA) is 60.0 Å². The second kappa shape index (κ2) is 9.95. The van der Waals surface area contributed by atoms with Gasteiger partial charge < -0.3 is 24.4 Å². The van der Waals surface area contributed by atoms with Crippen LogP contribution in [0.15, 0.2) is 18.2 Å². The Kier molecular flexibility index (Phi) is 7.35. The summed E-state index contributed by atoms with van der Waals surface area (Å²) in [5.41, 5.74) is 1.08. The summed E-state index contributed by atoms with van der Waals surface area (Å²) in [6, 6.07) is 6.36. The summed E-state index contributed by atoms with van der Waals surface area (Å²) in [6.07, 6.45) is 5.12. The number of nitrogens with one attached hydrogen (secondary N) is 1. The molecule has 1 saturated heterocycles. The molecular weight excluding hydrogens is 344 g/mol. The molecule has 6 heteroatoms. The molecule has 150 valence electrons. The fourth-order valence-electron chi connectivity index (χ4n) is 3.58. The van der Waals surface area contributed by atoms with Crippen molar-refractivity contribution in [1.82, 2.24) is 10.2 Å². The first-order valence-corrected chi connectivity index (χ1v) is 10.0. The van der Waals surface area contributed by atoms with E-state index in [1.54, 1.807) is 14.2 Å². The van der Waals surface area contributed by atoms with Gasteiger partial charge >= 0.3 is 0 Å². The Hall–Kier alpha value is -1.79. The van der Waals surface area contributed by atoms with Crippen molar-refractivity contribution in [1.29, 1.82) is 0 Å². The average Bonchev–Trinajstić information content (AvgIpc) is 3.55. The van der Waals surface area contributed by atoms with Gasteiger partial charge in [0.1, 0.15) is 0 Å². The Morgan fingerprint density at radius 1 is 1.19 bits per heavy atom. The number of amides is 1. The Bertz CT molecular complexity index is 612. The summed E-state index contributed by atoms with van der Waals surface area (Å²) >= 11 is 0. The van der Waals surface area contributed by atoms with Gasteiger partial charge in [0.2, 0.25) is 5.91 Å². The van der Waals surface area contributed by atoms with Crippen LogP contribution in [-0.2, 0) is 16.1 Å². The molecule has 1 amide bonds. The van der Waals surface area contributed by atoms with E-state index in [1.807, 2.05) is 18.2 Å². The Labute approximate surface area is 162 Å². The summed E-state index contributed by atoms with van der Waals surface area (Å²) in [5.74, 6) is 1.86. The van der Waals surface area contributed by atoms with Gasteiger partial charge in [-0.25, -0.2) is 0 Å². The van der Waals surface area contributed by atoms with E-state index in [1.165, 1.54) is 0 Å². The molecule has 0 bridgehead atoms. The Morgan fingerprint density at radius 3 is 2.70 bits per heavy atom. The summed E-state index contributed by atoms with van der Waals surface area (Å²) in [7, 11) is 3.33. The van der Waals surface area contributed by atoms with Gasteiger partial charge in [-0.1, -0.05) is 6.07 Å². The number of piperidine rings is 1. The molecule has 1 aliphatic carbocycles. The maximum absolute atomic E-state index is 13.1. The normalized spacial score (nSPS) is 19.6. The van der Waals surface area contributed by atoms with Gasteiger partial charge in [-0.05, 0) is 49.9 Å². The van der Waals surface area contributed by atoms with Crippen molar-refractivity contribution in [3.05, 3.63) is 23.8 Å². The maximum atomic E-state index is 13.1. The second-order valence-electron chi connectivity index (χ2n) is 7.42. The first-order chi connectivity index (χ1) is 13.2. The van der Waals surface area contributed by atoms with E-state index in [2.05, 4.69) is 10.2 Å². The number of methoxy groups -OCH3 is 2. The van der Waals surface area contributed by atoms with Crippen molar-refractivity contribution >= 4 is 5.91 Å². The molecule has 0 aromatic heterocycles. The third-order valence-corrected chi connectivity index (χ3v) is 5.25. The first kappa shape index (κ1) is 20.0. The van der Waals surface area contributed by atoms with Gasteiger partial charge in [-0.15, -0.1) is 0 Å². The molecule has 27 heavy (non-hydrogen) atoms. The highest BCUT2D eigenvalue weighted by Gasteiger charge is 2.36. The smallest absolute Gasteiger partial charge is 0.227 e. The lowest BCUT2D eigenvalue weighted by Gasteiger charge is -2.30. The Balaban J connectivity index is 1.67. The summed E-state index contributed by atoms with van der Waals surface area (Å²) in [5, 5.41) is 3.36. The zero-order chi connectivity index (χ0) is 19.1. The average molecular weight is 376 g/mol. The fraction of sp³-hybridized carbons (Fsp3) is 0.667. The molecule has 3 rings (SSSR count). The van der Waals surface area contributed by atoms with Crippen molar-refractivity contribution < 1.29 is 19.0 Å². The molecule has 2 fully saturated rings. The third kappa shape index (κ3) is 5.59. The van der Waals surface area contributed by atoms with Gasteiger partial charge in [0.05, 0.1) is 19.6 Å². The number of carbonyl (C=O) groups is 1. The van der Waals surface area contributed by atoms with Crippen LogP contribution in [0.1, 0.15) is 37.7 Å². The van der Waals surface area contributed by atoms with Crippen molar-refractivity contribution in [2.24, 2.45) is 5.92 Å². The predicted octanol–water partition coefficient (Wildman–Crippen LogP) is 2.60. The zero-order valence-electron chi connectivity index (χ0n) is 16.5. The fourth-order valence-corrected chi connectivity index (χ4v) is 3.58. The second-order valence-corrected chi connectivity index (χ2v) is 7.42. The molecule has 0 radical (unpaired) electrons. The van der Waals surface area contributed by atoms with Crippen LogP contribution in [0.4, 0.5) is 0 Å². The maximum Gasteiger partial charge on any atom is 0.227 e. The molecule has 1 heterocycles. The van der Waals surface area contributed by atoms with Gasteiger partial charge in [0.25, 0.3) is 0 Å².